The number of carbonyl (C=O) groups is 2. The minimum Gasteiger partial charge on any atom is -0.481 e. The highest BCUT2D eigenvalue weighted by Gasteiger charge is 2.25. The number of amides is 2. The first-order valence-electron chi connectivity index (χ1n) is 7.61. The molecule has 0 aromatic carbocycles. The lowest BCUT2D eigenvalue weighted by atomic mass is 10.1. The molecule has 2 fully saturated rings. The molecule has 2 saturated heterocycles. The number of aliphatic carboxylic acids is 1. The lowest BCUT2D eigenvalue weighted by Gasteiger charge is -2.33. The predicted molar refractivity (Wildman–Crippen MR) is 81.7 cm³/mol. The topological polar surface area (TPSA) is 78.9 Å². The third-order valence-electron chi connectivity index (χ3n) is 3.89. The van der Waals surface area contributed by atoms with Crippen molar-refractivity contribution in [2.45, 2.75) is 44.2 Å². The number of urea groups is 1. The summed E-state index contributed by atoms with van der Waals surface area (Å²) in [5, 5.41) is 11.7. The van der Waals surface area contributed by atoms with E-state index in [9.17, 15) is 9.59 Å². The number of rotatable bonds is 5. The Morgan fingerprint density at radius 1 is 1.29 bits per heavy atom. The van der Waals surface area contributed by atoms with E-state index < -0.39 is 5.97 Å². The third-order valence-corrected chi connectivity index (χ3v) is 5.10. The van der Waals surface area contributed by atoms with Gasteiger partial charge in [-0.3, -0.25) is 4.79 Å². The fourth-order valence-electron chi connectivity index (χ4n) is 2.66. The number of carbonyl (C=O) groups excluding carboxylic acids is 1. The van der Waals surface area contributed by atoms with Crippen molar-refractivity contribution in [3.63, 3.8) is 0 Å². The Hall–Kier alpha value is -0.950. The molecule has 1 atom stereocenters. The smallest absolute Gasteiger partial charge is 0.317 e. The number of hydrogen-bond acceptors (Lipinski definition) is 4. The highest BCUT2D eigenvalue weighted by Crippen LogP contribution is 2.18. The molecule has 1 unspecified atom stereocenters. The first kappa shape index (κ1) is 16.4. The lowest BCUT2D eigenvalue weighted by Crippen LogP contribution is -2.50. The van der Waals surface area contributed by atoms with E-state index in [-0.39, 0.29) is 25.2 Å². The molecular weight excluding hydrogens is 292 g/mol. The average Bonchev–Trinajstić information content (AvgIpc) is 2.48. The molecule has 2 amide bonds. The number of nitrogens with one attached hydrogen (secondary N) is 1. The normalized spacial score (nSPS) is 23.8. The van der Waals surface area contributed by atoms with E-state index in [0.717, 1.165) is 25.0 Å². The van der Waals surface area contributed by atoms with Gasteiger partial charge in [0.25, 0.3) is 0 Å². The summed E-state index contributed by atoms with van der Waals surface area (Å²) in [6, 6.07) is 0.340. The first-order valence-corrected chi connectivity index (χ1v) is 8.77. The number of likely N-dealkylation sites (tertiary alicyclic amines) is 1. The molecular formula is C14H24N2O4S. The van der Waals surface area contributed by atoms with Crippen molar-refractivity contribution in [1.29, 1.82) is 0 Å². The maximum Gasteiger partial charge on any atom is 0.317 e. The lowest BCUT2D eigenvalue weighted by molar-refractivity contribution is -0.138. The molecule has 120 valence electrons. The van der Waals surface area contributed by atoms with E-state index >= 15 is 0 Å². The number of nitrogens with zero attached hydrogens (tertiary/aromatic N) is 1. The Kier molecular flexibility index (Phi) is 6.63. The van der Waals surface area contributed by atoms with Gasteiger partial charge >= 0.3 is 12.0 Å². The largest absolute Gasteiger partial charge is 0.481 e. The van der Waals surface area contributed by atoms with Crippen LogP contribution >= 0.6 is 11.8 Å². The van der Waals surface area contributed by atoms with Crippen LogP contribution in [0.4, 0.5) is 4.79 Å². The van der Waals surface area contributed by atoms with Crippen LogP contribution in [0.15, 0.2) is 0 Å². The van der Waals surface area contributed by atoms with Crippen molar-refractivity contribution in [2.75, 3.05) is 31.2 Å². The van der Waals surface area contributed by atoms with Gasteiger partial charge in [-0.15, -0.1) is 0 Å². The first-order chi connectivity index (χ1) is 10.1. The Labute approximate surface area is 129 Å². The molecule has 7 heteroatoms. The molecule has 0 radical (unpaired) electrons. The van der Waals surface area contributed by atoms with Crippen molar-refractivity contribution in [1.82, 2.24) is 10.2 Å². The zero-order valence-electron chi connectivity index (χ0n) is 12.3. The van der Waals surface area contributed by atoms with Gasteiger partial charge in [-0.2, -0.15) is 11.8 Å². The van der Waals surface area contributed by atoms with Gasteiger partial charge in [-0.05, 0) is 31.4 Å². The van der Waals surface area contributed by atoms with Crippen LogP contribution in [0.5, 0.6) is 0 Å². The molecule has 6 nitrogen and oxygen atoms in total. The number of ether oxygens (including phenoxy) is 1. The minimum atomic E-state index is -0.836. The summed E-state index contributed by atoms with van der Waals surface area (Å²) in [6.45, 7) is 1.62. The molecule has 21 heavy (non-hydrogen) atoms. The van der Waals surface area contributed by atoms with Gasteiger partial charge in [0.05, 0.1) is 19.1 Å². The molecule has 2 heterocycles. The number of thioether (sulfide) groups is 1. The van der Waals surface area contributed by atoms with Crippen molar-refractivity contribution in [3.8, 4) is 0 Å². The average molecular weight is 316 g/mol. The second kappa shape index (κ2) is 8.48. The van der Waals surface area contributed by atoms with Gasteiger partial charge in [0, 0.05) is 24.9 Å². The maximum atomic E-state index is 12.2. The van der Waals surface area contributed by atoms with Crippen molar-refractivity contribution in [3.05, 3.63) is 0 Å². The summed E-state index contributed by atoms with van der Waals surface area (Å²) in [6.07, 6.45) is 3.94. The third kappa shape index (κ3) is 5.74. The van der Waals surface area contributed by atoms with E-state index in [4.69, 9.17) is 9.84 Å². The van der Waals surface area contributed by atoms with Crippen LogP contribution in [0.2, 0.25) is 0 Å². The number of carboxylic acid groups (broad SMARTS) is 1. The van der Waals surface area contributed by atoms with Crippen LogP contribution in [0.1, 0.15) is 32.1 Å². The van der Waals surface area contributed by atoms with Crippen LogP contribution in [-0.2, 0) is 9.53 Å². The van der Waals surface area contributed by atoms with Crippen molar-refractivity contribution in [2.24, 2.45) is 0 Å². The van der Waals surface area contributed by atoms with Gasteiger partial charge in [-0.25, -0.2) is 4.79 Å². The molecule has 0 aromatic rings. The van der Waals surface area contributed by atoms with Crippen molar-refractivity contribution < 1.29 is 19.4 Å². The molecule has 0 bridgehead atoms. The predicted octanol–water partition coefficient (Wildman–Crippen LogP) is 1.55. The van der Waals surface area contributed by atoms with Crippen LogP contribution in [0.25, 0.3) is 0 Å². The summed E-state index contributed by atoms with van der Waals surface area (Å²) < 4.78 is 5.53. The molecule has 0 aromatic heterocycles. The van der Waals surface area contributed by atoms with E-state index in [1.807, 2.05) is 16.7 Å². The molecule has 0 saturated carbocycles. The Morgan fingerprint density at radius 2 is 2.05 bits per heavy atom. The van der Waals surface area contributed by atoms with Gasteiger partial charge in [0.2, 0.25) is 0 Å². The Bertz CT molecular complexity index is 353. The highest BCUT2D eigenvalue weighted by molar-refractivity contribution is 7.99. The minimum absolute atomic E-state index is 0.0338. The van der Waals surface area contributed by atoms with Gasteiger partial charge < -0.3 is 20.1 Å². The highest BCUT2D eigenvalue weighted by atomic mass is 32.2. The van der Waals surface area contributed by atoms with Gasteiger partial charge in [0.15, 0.2) is 0 Å². The molecule has 2 N–H and O–H groups in total. The fourth-order valence-corrected chi connectivity index (χ4v) is 3.73. The monoisotopic (exact) mass is 316 g/mol. The number of carboxylic acids is 1. The van der Waals surface area contributed by atoms with E-state index in [0.29, 0.717) is 19.1 Å². The van der Waals surface area contributed by atoms with Crippen LogP contribution < -0.4 is 5.32 Å². The zero-order chi connectivity index (χ0) is 15.1. The van der Waals surface area contributed by atoms with Gasteiger partial charge in [-0.1, -0.05) is 0 Å². The van der Waals surface area contributed by atoms with Crippen LogP contribution in [0.3, 0.4) is 0 Å². The van der Waals surface area contributed by atoms with Crippen molar-refractivity contribution >= 4 is 23.8 Å². The summed E-state index contributed by atoms with van der Waals surface area (Å²) in [7, 11) is 0. The fraction of sp³-hybridized carbons (Fsp3) is 0.857. The summed E-state index contributed by atoms with van der Waals surface area (Å²) in [5.74, 6) is 1.38. The standard InChI is InChI=1S/C14H24N2O4S/c17-13(18)5-8-20-12-3-6-16(7-4-12)14(19)15-11-2-1-9-21-10-11/h11-12H,1-10H2,(H,15,19)(H,17,18). The molecule has 0 spiro atoms. The molecule has 2 aliphatic rings. The molecule has 2 rings (SSSR count). The van der Waals surface area contributed by atoms with E-state index in [1.54, 1.807) is 0 Å². The number of hydrogen-bond donors (Lipinski definition) is 2. The Balaban J connectivity index is 1.63. The van der Waals surface area contributed by atoms with E-state index in [1.165, 1.54) is 12.2 Å². The molecule has 0 aliphatic carbocycles. The molecule has 2 aliphatic heterocycles. The van der Waals surface area contributed by atoms with Gasteiger partial charge in [0.1, 0.15) is 0 Å². The summed E-state index contributed by atoms with van der Waals surface area (Å²) >= 11 is 1.90. The Morgan fingerprint density at radius 3 is 2.67 bits per heavy atom. The number of piperidine rings is 1. The quantitative estimate of drug-likeness (QED) is 0.804. The zero-order valence-corrected chi connectivity index (χ0v) is 13.1. The van der Waals surface area contributed by atoms with Crippen LogP contribution in [-0.4, -0.2) is 65.4 Å². The second-order valence-electron chi connectivity index (χ2n) is 5.56. The summed E-state index contributed by atoms with van der Waals surface area (Å²) in [4.78, 5) is 24.4. The SMILES string of the molecule is O=C(O)CCOC1CCN(C(=O)NC2CCCSC2)CC1. The second-order valence-corrected chi connectivity index (χ2v) is 6.71. The van der Waals surface area contributed by atoms with Crippen LogP contribution in [0, 0.1) is 0 Å². The maximum absolute atomic E-state index is 12.2. The van der Waals surface area contributed by atoms with E-state index in [2.05, 4.69) is 5.32 Å². The summed E-state index contributed by atoms with van der Waals surface area (Å²) in [5.41, 5.74) is 0.